The van der Waals surface area contributed by atoms with Gasteiger partial charge in [-0.15, -0.1) is 9.89 Å². The Labute approximate surface area is 109 Å². The lowest BCUT2D eigenvalue weighted by Crippen LogP contribution is -1.92. The Balaban J connectivity index is 2.03. The van der Waals surface area contributed by atoms with Crippen molar-refractivity contribution in [1.82, 2.24) is 9.89 Å². The maximum Gasteiger partial charge on any atom is 0.161 e. The summed E-state index contributed by atoms with van der Waals surface area (Å²) in [6.45, 7) is 0. The van der Waals surface area contributed by atoms with E-state index in [4.69, 9.17) is 11.6 Å². The van der Waals surface area contributed by atoms with Crippen LogP contribution in [-0.2, 0) is 0 Å². The molecule has 3 aromatic rings. The van der Waals surface area contributed by atoms with Gasteiger partial charge >= 0.3 is 0 Å². The first kappa shape index (κ1) is 11.0. The van der Waals surface area contributed by atoms with E-state index in [2.05, 4.69) is 10.2 Å². The normalized spacial score (nSPS) is 11.4. The fraction of sp³-hybridized carbons (Fsp3) is 0. The molecule has 0 atom stereocenters. The van der Waals surface area contributed by atoms with Gasteiger partial charge in [0.05, 0.1) is 11.7 Å². The second-order valence-electron chi connectivity index (χ2n) is 3.85. The summed E-state index contributed by atoms with van der Waals surface area (Å²) < 4.78 is 0. The highest BCUT2D eigenvalue weighted by atomic mass is 35.5. The minimum Gasteiger partial charge on any atom is -0.158 e. The topological polar surface area (TPSA) is 30.2 Å². The molecule has 0 aliphatic heterocycles. The van der Waals surface area contributed by atoms with Crippen molar-refractivity contribution in [3.63, 3.8) is 0 Å². The Kier molecular flexibility index (Phi) is 2.82. The third kappa shape index (κ3) is 2.00. The Bertz CT molecular complexity index is 701. The van der Waals surface area contributed by atoms with Gasteiger partial charge in [0.2, 0.25) is 0 Å². The van der Waals surface area contributed by atoms with Gasteiger partial charge in [0.1, 0.15) is 0 Å². The number of rotatable bonds is 2. The van der Waals surface area contributed by atoms with E-state index >= 15 is 0 Å². The van der Waals surface area contributed by atoms with Crippen molar-refractivity contribution in [3.8, 4) is 0 Å². The van der Waals surface area contributed by atoms with Gasteiger partial charge in [-0.25, -0.2) is 0 Å². The van der Waals surface area contributed by atoms with Crippen LogP contribution in [-0.4, -0.2) is 16.1 Å². The molecular weight excluding hydrogens is 246 g/mol. The van der Waals surface area contributed by atoms with Gasteiger partial charge in [-0.05, 0) is 17.7 Å². The van der Waals surface area contributed by atoms with Crippen LogP contribution in [0.15, 0.2) is 59.7 Å². The first-order valence-electron chi connectivity index (χ1n) is 5.57. The van der Waals surface area contributed by atoms with E-state index in [1.165, 1.54) is 0 Å². The van der Waals surface area contributed by atoms with Crippen LogP contribution >= 0.6 is 11.6 Å². The van der Waals surface area contributed by atoms with Crippen molar-refractivity contribution >= 4 is 28.7 Å². The van der Waals surface area contributed by atoms with Gasteiger partial charge in [-0.2, -0.15) is 5.10 Å². The van der Waals surface area contributed by atoms with Gasteiger partial charge in [-0.1, -0.05) is 54.1 Å². The highest BCUT2D eigenvalue weighted by Crippen LogP contribution is 2.21. The Hall–Kier alpha value is -2.13. The summed E-state index contributed by atoms with van der Waals surface area (Å²) >= 11 is 6.05. The second-order valence-corrected chi connectivity index (χ2v) is 4.21. The van der Waals surface area contributed by atoms with Crippen molar-refractivity contribution in [2.75, 3.05) is 0 Å². The average Bonchev–Trinajstić information content (AvgIpc) is 2.75. The van der Waals surface area contributed by atoms with Crippen LogP contribution in [0.5, 0.6) is 0 Å². The molecule has 0 N–H and O–H groups in total. The molecule has 0 spiro atoms. The SMILES string of the molecule is Clc1nn(N=Cc2ccccc2)c2ccccc12. The Morgan fingerprint density at radius 3 is 2.56 bits per heavy atom. The molecule has 0 saturated carbocycles. The van der Waals surface area contributed by atoms with Crippen LogP contribution in [0, 0.1) is 0 Å². The lowest BCUT2D eigenvalue weighted by Gasteiger charge is -1.94. The molecule has 0 saturated heterocycles. The van der Waals surface area contributed by atoms with Crippen molar-refractivity contribution in [3.05, 3.63) is 65.3 Å². The molecular formula is C14H10ClN3. The maximum atomic E-state index is 6.05. The van der Waals surface area contributed by atoms with Crippen LogP contribution in [0.25, 0.3) is 10.9 Å². The lowest BCUT2D eigenvalue weighted by atomic mass is 10.2. The molecule has 3 nitrogen and oxygen atoms in total. The predicted molar refractivity (Wildman–Crippen MR) is 74.2 cm³/mol. The zero-order valence-corrected chi connectivity index (χ0v) is 10.2. The molecule has 0 amide bonds. The fourth-order valence-corrected chi connectivity index (χ4v) is 1.99. The third-order valence-corrected chi connectivity index (χ3v) is 2.92. The quantitative estimate of drug-likeness (QED) is 0.644. The van der Waals surface area contributed by atoms with Crippen molar-refractivity contribution in [2.45, 2.75) is 0 Å². The molecule has 0 unspecified atom stereocenters. The summed E-state index contributed by atoms with van der Waals surface area (Å²) in [5, 5.41) is 9.89. The van der Waals surface area contributed by atoms with E-state index in [1.54, 1.807) is 11.0 Å². The van der Waals surface area contributed by atoms with E-state index in [1.807, 2.05) is 54.6 Å². The minimum atomic E-state index is 0.468. The molecule has 1 heterocycles. The average molecular weight is 256 g/mol. The van der Waals surface area contributed by atoms with Crippen molar-refractivity contribution in [2.24, 2.45) is 5.10 Å². The molecule has 0 aliphatic rings. The van der Waals surface area contributed by atoms with Gasteiger partial charge in [-0.3, -0.25) is 0 Å². The molecule has 4 heteroatoms. The summed E-state index contributed by atoms with van der Waals surface area (Å²) in [5.74, 6) is 0. The Morgan fingerprint density at radius 2 is 1.72 bits per heavy atom. The van der Waals surface area contributed by atoms with Crippen molar-refractivity contribution in [1.29, 1.82) is 0 Å². The summed E-state index contributed by atoms with van der Waals surface area (Å²) in [7, 11) is 0. The number of hydrogen-bond acceptors (Lipinski definition) is 2. The molecule has 3 rings (SSSR count). The highest BCUT2D eigenvalue weighted by molar-refractivity contribution is 6.34. The Morgan fingerprint density at radius 1 is 1.00 bits per heavy atom. The van der Waals surface area contributed by atoms with Gasteiger partial charge in [0.15, 0.2) is 5.15 Å². The lowest BCUT2D eigenvalue weighted by molar-refractivity contribution is 0.774. The number of nitrogens with zero attached hydrogens (tertiary/aromatic N) is 3. The zero-order valence-electron chi connectivity index (χ0n) is 9.49. The number of fused-ring (bicyclic) bond motifs is 1. The summed E-state index contributed by atoms with van der Waals surface area (Å²) in [6.07, 6.45) is 1.76. The second kappa shape index (κ2) is 4.63. The van der Waals surface area contributed by atoms with Crippen LogP contribution < -0.4 is 0 Å². The van der Waals surface area contributed by atoms with Crippen LogP contribution in [0.2, 0.25) is 5.15 Å². The molecule has 2 aromatic carbocycles. The molecule has 18 heavy (non-hydrogen) atoms. The number of halogens is 1. The summed E-state index contributed by atoms with van der Waals surface area (Å²) in [5.41, 5.74) is 1.92. The van der Waals surface area contributed by atoms with E-state index in [-0.39, 0.29) is 0 Å². The van der Waals surface area contributed by atoms with Gasteiger partial charge in [0, 0.05) is 5.39 Å². The predicted octanol–water partition coefficient (Wildman–Crippen LogP) is 3.57. The molecule has 0 fully saturated rings. The summed E-state index contributed by atoms with van der Waals surface area (Å²) in [4.78, 5) is 1.55. The third-order valence-electron chi connectivity index (χ3n) is 2.64. The molecule has 0 bridgehead atoms. The fourth-order valence-electron chi connectivity index (χ4n) is 1.76. The number of para-hydroxylation sites is 1. The number of aromatic nitrogens is 2. The maximum absolute atomic E-state index is 6.05. The zero-order chi connectivity index (χ0) is 12.4. The molecule has 0 radical (unpaired) electrons. The molecule has 0 aliphatic carbocycles. The van der Waals surface area contributed by atoms with Gasteiger partial charge < -0.3 is 0 Å². The van der Waals surface area contributed by atoms with E-state index in [0.29, 0.717) is 5.15 Å². The largest absolute Gasteiger partial charge is 0.161 e. The number of benzene rings is 2. The van der Waals surface area contributed by atoms with Crippen LogP contribution in [0.3, 0.4) is 0 Å². The van der Waals surface area contributed by atoms with Crippen LogP contribution in [0.1, 0.15) is 5.56 Å². The first-order valence-corrected chi connectivity index (χ1v) is 5.95. The van der Waals surface area contributed by atoms with E-state index < -0.39 is 0 Å². The standard InChI is InChI=1S/C14H10ClN3/c15-14-12-8-4-5-9-13(12)18(17-14)16-10-11-6-2-1-3-7-11/h1-10H. The minimum absolute atomic E-state index is 0.468. The monoisotopic (exact) mass is 255 g/mol. The first-order chi connectivity index (χ1) is 8.84. The van der Waals surface area contributed by atoms with Crippen LogP contribution in [0.4, 0.5) is 0 Å². The smallest absolute Gasteiger partial charge is 0.158 e. The summed E-state index contributed by atoms with van der Waals surface area (Å²) in [6, 6.07) is 17.6. The van der Waals surface area contributed by atoms with E-state index in [9.17, 15) is 0 Å². The van der Waals surface area contributed by atoms with E-state index in [0.717, 1.165) is 16.5 Å². The van der Waals surface area contributed by atoms with Crippen molar-refractivity contribution < 1.29 is 0 Å². The number of hydrogen-bond donors (Lipinski definition) is 0. The molecule has 1 aromatic heterocycles. The highest BCUT2D eigenvalue weighted by Gasteiger charge is 2.06. The van der Waals surface area contributed by atoms with Gasteiger partial charge in [0.25, 0.3) is 0 Å². The molecule has 88 valence electrons.